The Bertz CT molecular complexity index is 731. The third-order valence-corrected chi connectivity index (χ3v) is 3.63. The molecular weight excluding hydrogens is 292 g/mol. The van der Waals surface area contributed by atoms with Gasteiger partial charge in [-0.2, -0.15) is 0 Å². The van der Waals surface area contributed by atoms with Crippen LogP contribution >= 0.6 is 11.3 Å². The molecule has 2 aromatic rings. The SMILES string of the molecule is O=C([O-])COc1ccc2c(c1)O/C(=C\c1cccs1)C2=O. The summed E-state index contributed by atoms with van der Waals surface area (Å²) in [6.07, 6.45) is 1.68. The molecule has 106 valence electrons. The Hall–Kier alpha value is -2.60. The molecule has 21 heavy (non-hydrogen) atoms. The van der Waals surface area contributed by atoms with E-state index in [2.05, 4.69) is 0 Å². The highest BCUT2D eigenvalue weighted by Crippen LogP contribution is 2.35. The maximum Gasteiger partial charge on any atom is 0.232 e. The van der Waals surface area contributed by atoms with Crippen LogP contribution in [-0.2, 0) is 4.79 Å². The Balaban J connectivity index is 1.84. The van der Waals surface area contributed by atoms with Gasteiger partial charge in [0, 0.05) is 17.0 Å². The number of ketones is 1. The van der Waals surface area contributed by atoms with Crippen LogP contribution in [0, 0.1) is 0 Å². The fourth-order valence-corrected chi connectivity index (χ4v) is 2.55. The minimum absolute atomic E-state index is 0.204. The van der Waals surface area contributed by atoms with Crippen molar-refractivity contribution in [2.24, 2.45) is 0 Å². The summed E-state index contributed by atoms with van der Waals surface area (Å²) in [5.41, 5.74) is 0.429. The van der Waals surface area contributed by atoms with Gasteiger partial charge in [-0.1, -0.05) is 6.07 Å². The van der Waals surface area contributed by atoms with E-state index in [4.69, 9.17) is 9.47 Å². The number of hydrogen-bond acceptors (Lipinski definition) is 6. The number of benzene rings is 1. The maximum absolute atomic E-state index is 12.2. The number of fused-ring (bicyclic) bond motifs is 1. The average molecular weight is 301 g/mol. The Labute approximate surface area is 124 Å². The standard InChI is InChI=1S/C15H10O5S/c16-14(17)8-19-9-3-4-11-12(6-9)20-13(15(11)18)7-10-2-1-5-21-10/h1-7H,8H2,(H,16,17)/p-1/b13-7-. The van der Waals surface area contributed by atoms with E-state index in [-0.39, 0.29) is 11.5 Å². The van der Waals surface area contributed by atoms with E-state index in [1.54, 1.807) is 12.1 Å². The lowest BCUT2D eigenvalue weighted by molar-refractivity contribution is -0.307. The summed E-state index contributed by atoms with van der Waals surface area (Å²) in [5.74, 6) is -0.609. The predicted octanol–water partition coefficient (Wildman–Crippen LogP) is 1.49. The van der Waals surface area contributed by atoms with Gasteiger partial charge in [-0.15, -0.1) is 11.3 Å². The van der Waals surface area contributed by atoms with Crippen molar-refractivity contribution in [3.8, 4) is 11.5 Å². The van der Waals surface area contributed by atoms with E-state index < -0.39 is 12.6 Å². The van der Waals surface area contributed by atoms with Crippen LogP contribution in [0.5, 0.6) is 11.5 Å². The maximum atomic E-state index is 12.2. The third kappa shape index (κ3) is 2.80. The van der Waals surface area contributed by atoms with Crippen LogP contribution in [0.2, 0.25) is 0 Å². The van der Waals surface area contributed by atoms with Crippen molar-refractivity contribution in [3.63, 3.8) is 0 Å². The van der Waals surface area contributed by atoms with E-state index in [1.165, 1.54) is 23.5 Å². The molecule has 0 bridgehead atoms. The van der Waals surface area contributed by atoms with Crippen molar-refractivity contribution in [1.29, 1.82) is 0 Å². The summed E-state index contributed by atoms with van der Waals surface area (Å²) in [5, 5.41) is 12.3. The molecule has 1 aliphatic rings. The Morgan fingerprint density at radius 3 is 2.95 bits per heavy atom. The smallest absolute Gasteiger partial charge is 0.232 e. The average Bonchev–Trinajstić information content (AvgIpc) is 3.06. The fourth-order valence-electron chi connectivity index (χ4n) is 1.90. The van der Waals surface area contributed by atoms with Crippen molar-refractivity contribution in [1.82, 2.24) is 0 Å². The highest BCUT2D eigenvalue weighted by Gasteiger charge is 2.27. The highest BCUT2D eigenvalue weighted by atomic mass is 32.1. The lowest BCUT2D eigenvalue weighted by Gasteiger charge is -2.07. The minimum atomic E-state index is -1.31. The van der Waals surface area contributed by atoms with E-state index in [9.17, 15) is 14.7 Å². The van der Waals surface area contributed by atoms with Crippen LogP contribution in [0.25, 0.3) is 6.08 Å². The van der Waals surface area contributed by atoms with Gasteiger partial charge in [-0.25, -0.2) is 0 Å². The van der Waals surface area contributed by atoms with Crippen LogP contribution in [0.3, 0.4) is 0 Å². The molecule has 0 unspecified atom stereocenters. The van der Waals surface area contributed by atoms with Gasteiger partial charge in [0.25, 0.3) is 0 Å². The molecule has 3 rings (SSSR count). The second-order valence-electron chi connectivity index (χ2n) is 4.27. The first kappa shape index (κ1) is 13.4. The molecule has 1 aliphatic heterocycles. The monoisotopic (exact) mass is 301 g/mol. The first-order valence-corrected chi connectivity index (χ1v) is 6.96. The van der Waals surface area contributed by atoms with Crippen LogP contribution in [0.15, 0.2) is 41.5 Å². The quantitative estimate of drug-likeness (QED) is 0.800. The van der Waals surface area contributed by atoms with Crippen molar-refractivity contribution in [3.05, 3.63) is 51.9 Å². The van der Waals surface area contributed by atoms with Crippen molar-refractivity contribution >= 4 is 29.2 Å². The fraction of sp³-hybridized carbons (Fsp3) is 0.0667. The molecule has 1 aromatic carbocycles. The summed E-state index contributed by atoms with van der Waals surface area (Å²) in [7, 11) is 0. The van der Waals surface area contributed by atoms with E-state index in [0.717, 1.165) is 4.88 Å². The number of allylic oxidation sites excluding steroid dienone is 1. The van der Waals surface area contributed by atoms with Crippen LogP contribution in [-0.4, -0.2) is 18.4 Å². The lowest BCUT2D eigenvalue weighted by atomic mass is 10.1. The number of carboxylic acid groups (broad SMARTS) is 1. The Kier molecular flexibility index (Phi) is 3.45. The van der Waals surface area contributed by atoms with Gasteiger partial charge in [0.15, 0.2) is 5.76 Å². The number of hydrogen-bond donors (Lipinski definition) is 0. The molecule has 0 amide bonds. The zero-order chi connectivity index (χ0) is 14.8. The second kappa shape index (κ2) is 5.41. The van der Waals surface area contributed by atoms with Crippen molar-refractivity contribution in [2.75, 3.05) is 6.61 Å². The number of thiophene rings is 1. The van der Waals surface area contributed by atoms with Gasteiger partial charge in [0.2, 0.25) is 5.78 Å². The number of aliphatic carboxylic acids is 1. The zero-order valence-corrected chi connectivity index (χ0v) is 11.5. The van der Waals surface area contributed by atoms with Gasteiger partial charge >= 0.3 is 0 Å². The molecule has 1 aromatic heterocycles. The highest BCUT2D eigenvalue weighted by molar-refractivity contribution is 7.10. The minimum Gasteiger partial charge on any atom is -0.546 e. The summed E-state index contributed by atoms with van der Waals surface area (Å²) in [4.78, 5) is 23.4. The molecule has 0 aliphatic carbocycles. The molecule has 6 heteroatoms. The van der Waals surface area contributed by atoms with Gasteiger partial charge in [-0.3, -0.25) is 4.79 Å². The summed E-state index contributed by atoms with van der Waals surface area (Å²) in [6.45, 7) is -0.551. The number of carboxylic acids is 1. The van der Waals surface area contributed by atoms with Gasteiger partial charge in [0.1, 0.15) is 18.1 Å². The van der Waals surface area contributed by atoms with Crippen LogP contribution < -0.4 is 14.6 Å². The van der Waals surface area contributed by atoms with E-state index in [0.29, 0.717) is 17.1 Å². The van der Waals surface area contributed by atoms with E-state index in [1.807, 2.05) is 17.5 Å². The summed E-state index contributed by atoms with van der Waals surface area (Å²) < 4.78 is 10.5. The number of rotatable bonds is 4. The zero-order valence-electron chi connectivity index (χ0n) is 10.7. The summed E-state index contributed by atoms with van der Waals surface area (Å²) in [6, 6.07) is 8.33. The molecule has 0 N–H and O–H groups in total. The third-order valence-electron chi connectivity index (χ3n) is 2.81. The van der Waals surface area contributed by atoms with Gasteiger partial charge < -0.3 is 19.4 Å². The van der Waals surface area contributed by atoms with Gasteiger partial charge in [0.05, 0.1) is 11.5 Å². The molecule has 0 fully saturated rings. The lowest BCUT2D eigenvalue weighted by Crippen LogP contribution is -2.28. The number of carbonyl (C=O) groups excluding carboxylic acids is 2. The topological polar surface area (TPSA) is 75.7 Å². The molecule has 2 heterocycles. The largest absolute Gasteiger partial charge is 0.546 e. The molecular formula is C15H9O5S-. The normalized spacial score (nSPS) is 14.9. The molecule has 0 radical (unpaired) electrons. The Morgan fingerprint density at radius 2 is 2.24 bits per heavy atom. The van der Waals surface area contributed by atoms with Crippen molar-refractivity contribution < 1.29 is 24.2 Å². The van der Waals surface area contributed by atoms with E-state index >= 15 is 0 Å². The molecule has 0 atom stereocenters. The van der Waals surface area contributed by atoms with Crippen LogP contribution in [0.4, 0.5) is 0 Å². The van der Waals surface area contributed by atoms with Gasteiger partial charge in [-0.05, 0) is 23.6 Å². The molecule has 0 saturated carbocycles. The molecule has 0 spiro atoms. The first-order valence-electron chi connectivity index (χ1n) is 6.08. The summed E-state index contributed by atoms with van der Waals surface area (Å²) >= 11 is 1.50. The number of carbonyl (C=O) groups is 2. The number of Topliss-reactive ketones (excluding diaryl/α,β-unsaturated/α-hetero) is 1. The first-order chi connectivity index (χ1) is 10.1. The van der Waals surface area contributed by atoms with Crippen molar-refractivity contribution in [2.45, 2.75) is 0 Å². The second-order valence-corrected chi connectivity index (χ2v) is 5.25. The Morgan fingerprint density at radius 1 is 1.38 bits per heavy atom. The van der Waals surface area contributed by atoms with Crippen LogP contribution in [0.1, 0.15) is 15.2 Å². The number of ether oxygens (including phenoxy) is 2. The predicted molar refractivity (Wildman–Crippen MR) is 74.2 cm³/mol. The molecule has 5 nitrogen and oxygen atoms in total. The molecule has 0 saturated heterocycles.